The van der Waals surface area contributed by atoms with Crippen molar-refractivity contribution in [2.24, 2.45) is 0 Å². The highest BCUT2D eigenvalue weighted by molar-refractivity contribution is 9.10. The Labute approximate surface area is 190 Å². The molecule has 0 aliphatic rings. The zero-order chi connectivity index (χ0) is 21.3. The molecule has 4 aromatic rings. The highest BCUT2D eigenvalue weighted by Crippen LogP contribution is 2.28. The fourth-order valence-corrected chi connectivity index (χ4v) is 4.21. The highest BCUT2D eigenvalue weighted by Gasteiger charge is 2.17. The van der Waals surface area contributed by atoms with Crippen LogP contribution >= 0.6 is 38.9 Å². The van der Waals surface area contributed by atoms with Crippen LogP contribution in [0.1, 0.15) is 16.1 Å². The van der Waals surface area contributed by atoms with E-state index in [0.717, 1.165) is 27.2 Å². The number of aryl methyl sites for hydroxylation is 1. The quantitative estimate of drug-likeness (QED) is 0.364. The normalized spacial score (nSPS) is 10.8. The van der Waals surface area contributed by atoms with Gasteiger partial charge in [0.2, 0.25) is 5.13 Å². The van der Waals surface area contributed by atoms with Gasteiger partial charge in [0.05, 0.1) is 29.1 Å². The van der Waals surface area contributed by atoms with Gasteiger partial charge in [-0.2, -0.15) is 9.78 Å². The maximum atomic E-state index is 12.8. The molecule has 0 unspecified atom stereocenters. The predicted molar refractivity (Wildman–Crippen MR) is 123 cm³/mol. The monoisotopic (exact) mass is 502 g/mol. The highest BCUT2D eigenvalue weighted by atomic mass is 79.9. The van der Waals surface area contributed by atoms with Crippen LogP contribution in [0.5, 0.6) is 5.75 Å². The summed E-state index contributed by atoms with van der Waals surface area (Å²) in [4.78, 5) is 17.5. The molecule has 1 amide bonds. The van der Waals surface area contributed by atoms with Gasteiger partial charge in [0.25, 0.3) is 5.91 Å². The van der Waals surface area contributed by atoms with E-state index in [1.807, 2.05) is 36.6 Å². The number of nitrogens with zero attached hydrogens (tertiary/aromatic N) is 3. The summed E-state index contributed by atoms with van der Waals surface area (Å²) in [6, 6.07) is 14.6. The number of ether oxygens (including phenoxy) is 1. The molecule has 0 saturated heterocycles. The van der Waals surface area contributed by atoms with Crippen LogP contribution in [-0.4, -0.2) is 27.8 Å². The Hall–Kier alpha value is -2.68. The van der Waals surface area contributed by atoms with Crippen molar-refractivity contribution in [2.75, 3.05) is 12.4 Å². The lowest BCUT2D eigenvalue weighted by Gasteiger charge is -2.08. The standard InChI is InChI=1S/C21H16BrClN4O2S/c1-12-9-19(25-20(28)16-10-14(22)5-8-17(16)23)27(26-12)21-24-18(11-30-21)13-3-6-15(29-2)7-4-13/h3-11H,1-2H3,(H,25,28). The van der Waals surface area contributed by atoms with E-state index in [9.17, 15) is 4.79 Å². The Bertz CT molecular complexity index is 1220. The number of halogens is 2. The van der Waals surface area contributed by atoms with Gasteiger partial charge in [-0.15, -0.1) is 11.3 Å². The molecule has 30 heavy (non-hydrogen) atoms. The van der Waals surface area contributed by atoms with Crippen molar-refractivity contribution < 1.29 is 9.53 Å². The summed E-state index contributed by atoms with van der Waals surface area (Å²) in [5, 5.41) is 10.3. The molecule has 0 saturated carbocycles. The van der Waals surface area contributed by atoms with E-state index in [0.29, 0.717) is 21.5 Å². The van der Waals surface area contributed by atoms with Crippen molar-refractivity contribution in [1.29, 1.82) is 0 Å². The van der Waals surface area contributed by atoms with E-state index in [1.54, 1.807) is 36.1 Å². The fraction of sp³-hybridized carbons (Fsp3) is 0.0952. The molecule has 2 heterocycles. The number of methoxy groups -OCH3 is 1. The first kappa shape index (κ1) is 20.6. The van der Waals surface area contributed by atoms with Gasteiger partial charge in [-0.05, 0) is 49.4 Å². The molecule has 0 bridgehead atoms. The smallest absolute Gasteiger partial charge is 0.258 e. The summed E-state index contributed by atoms with van der Waals surface area (Å²) in [6.07, 6.45) is 0. The summed E-state index contributed by atoms with van der Waals surface area (Å²) in [5.74, 6) is 0.978. The van der Waals surface area contributed by atoms with Gasteiger partial charge >= 0.3 is 0 Å². The van der Waals surface area contributed by atoms with E-state index in [4.69, 9.17) is 16.3 Å². The number of benzene rings is 2. The zero-order valence-corrected chi connectivity index (χ0v) is 19.2. The van der Waals surface area contributed by atoms with Crippen LogP contribution in [0.3, 0.4) is 0 Å². The summed E-state index contributed by atoms with van der Waals surface area (Å²) in [6.45, 7) is 1.86. The maximum Gasteiger partial charge on any atom is 0.258 e. The molecular formula is C21H16BrClN4O2S. The Morgan fingerprint density at radius 2 is 1.97 bits per heavy atom. The molecule has 6 nitrogen and oxygen atoms in total. The van der Waals surface area contributed by atoms with Crippen LogP contribution in [-0.2, 0) is 0 Å². The van der Waals surface area contributed by atoms with E-state index in [-0.39, 0.29) is 5.91 Å². The zero-order valence-electron chi connectivity index (χ0n) is 16.0. The predicted octanol–water partition coefficient (Wildman–Crippen LogP) is 5.98. The van der Waals surface area contributed by atoms with E-state index < -0.39 is 0 Å². The van der Waals surface area contributed by atoms with E-state index in [1.165, 1.54) is 11.3 Å². The van der Waals surface area contributed by atoms with Crippen molar-refractivity contribution in [3.8, 4) is 22.1 Å². The van der Waals surface area contributed by atoms with Gasteiger partial charge in [0.1, 0.15) is 11.6 Å². The molecule has 1 N–H and O–H groups in total. The first-order chi connectivity index (χ1) is 14.4. The summed E-state index contributed by atoms with van der Waals surface area (Å²) in [7, 11) is 1.63. The van der Waals surface area contributed by atoms with Gasteiger partial charge in [0.15, 0.2) is 0 Å². The molecule has 0 aliphatic heterocycles. The van der Waals surface area contributed by atoms with Crippen molar-refractivity contribution in [1.82, 2.24) is 14.8 Å². The third-order valence-corrected chi connectivity index (χ3v) is 5.94. The minimum Gasteiger partial charge on any atom is -0.497 e. The van der Waals surface area contributed by atoms with E-state index in [2.05, 4.69) is 31.3 Å². The minimum atomic E-state index is -0.325. The van der Waals surface area contributed by atoms with Crippen molar-refractivity contribution >= 4 is 50.6 Å². The van der Waals surface area contributed by atoms with Crippen LogP contribution < -0.4 is 10.1 Å². The van der Waals surface area contributed by atoms with Crippen molar-refractivity contribution in [2.45, 2.75) is 6.92 Å². The van der Waals surface area contributed by atoms with Crippen LogP contribution in [0.4, 0.5) is 5.82 Å². The lowest BCUT2D eigenvalue weighted by Crippen LogP contribution is -2.15. The lowest BCUT2D eigenvalue weighted by molar-refractivity contribution is 0.102. The average Bonchev–Trinajstić information content (AvgIpc) is 3.36. The Balaban J connectivity index is 1.63. The number of carbonyl (C=O) groups is 1. The first-order valence-corrected chi connectivity index (χ1v) is 10.9. The van der Waals surface area contributed by atoms with Crippen molar-refractivity contribution in [3.05, 3.63) is 74.7 Å². The average molecular weight is 504 g/mol. The van der Waals surface area contributed by atoms with Crippen molar-refractivity contribution in [3.63, 3.8) is 0 Å². The molecule has 2 aromatic heterocycles. The van der Waals surface area contributed by atoms with Gasteiger partial charge in [-0.3, -0.25) is 4.79 Å². The third kappa shape index (κ3) is 4.26. The number of aromatic nitrogens is 3. The molecule has 0 aliphatic carbocycles. The molecule has 2 aromatic carbocycles. The fourth-order valence-electron chi connectivity index (χ4n) is 2.85. The van der Waals surface area contributed by atoms with E-state index >= 15 is 0 Å². The number of amides is 1. The maximum absolute atomic E-state index is 12.8. The minimum absolute atomic E-state index is 0.325. The van der Waals surface area contributed by atoms with Gasteiger partial charge in [-0.25, -0.2) is 4.98 Å². The second-order valence-electron chi connectivity index (χ2n) is 6.40. The molecule has 9 heteroatoms. The second kappa shape index (κ2) is 8.59. The van der Waals surface area contributed by atoms with Crippen LogP contribution in [0.15, 0.2) is 58.4 Å². The molecular weight excluding hydrogens is 488 g/mol. The lowest BCUT2D eigenvalue weighted by atomic mass is 10.2. The number of rotatable bonds is 5. The molecule has 152 valence electrons. The molecule has 4 rings (SSSR count). The molecule has 0 spiro atoms. The number of hydrogen-bond donors (Lipinski definition) is 1. The van der Waals surface area contributed by atoms with Gasteiger partial charge in [-0.1, -0.05) is 27.5 Å². The summed E-state index contributed by atoms with van der Waals surface area (Å²) >= 11 is 11.0. The van der Waals surface area contributed by atoms with Crippen LogP contribution in [0, 0.1) is 6.92 Å². The Kier molecular flexibility index (Phi) is 5.90. The second-order valence-corrected chi connectivity index (χ2v) is 8.56. The summed E-state index contributed by atoms with van der Waals surface area (Å²) in [5.41, 5.74) is 2.91. The van der Waals surface area contributed by atoms with Gasteiger partial charge in [0, 0.05) is 21.5 Å². The largest absolute Gasteiger partial charge is 0.497 e. The number of anilines is 1. The Morgan fingerprint density at radius 1 is 1.20 bits per heavy atom. The Morgan fingerprint density at radius 3 is 2.70 bits per heavy atom. The number of hydrogen-bond acceptors (Lipinski definition) is 5. The topological polar surface area (TPSA) is 69.0 Å². The number of carbonyl (C=O) groups excluding carboxylic acids is 1. The van der Waals surface area contributed by atoms with Crippen LogP contribution in [0.2, 0.25) is 5.02 Å². The molecule has 0 fully saturated rings. The van der Waals surface area contributed by atoms with Gasteiger partial charge < -0.3 is 10.1 Å². The third-order valence-electron chi connectivity index (χ3n) is 4.31. The molecule has 0 atom stereocenters. The SMILES string of the molecule is COc1ccc(-c2csc(-n3nc(C)cc3NC(=O)c3cc(Br)ccc3Cl)n2)cc1. The van der Waals surface area contributed by atoms with Crippen LogP contribution in [0.25, 0.3) is 16.4 Å². The number of thiazole rings is 1. The first-order valence-electron chi connectivity index (χ1n) is 8.88. The molecule has 0 radical (unpaired) electrons. The number of nitrogens with one attached hydrogen (secondary N) is 1. The summed E-state index contributed by atoms with van der Waals surface area (Å²) < 4.78 is 7.59.